The van der Waals surface area contributed by atoms with Crippen molar-refractivity contribution in [3.8, 4) is 6.07 Å². The lowest BCUT2D eigenvalue weighted by atomic mass is 9.93. The van der Waals surface area contributed by atoms with Gasteiger partial charge in [0.05, 0.1) is 16.9 Å². The van der Waals surface area contributed by atoms with E-state index in [1.54, 1.807) is 30.3 Å². The normalized spacial score (nSPS) is 11.6. The van der Waals surface area contributed by atoms with E-state index in [2.05, 4.69) is 6.07 Å². The van der Waals surface area contributed by atoms with Gasteiger partial charge in [-0.05, 0) is 18.1 Å². The highest BCUT2D eigenvalue weighted by Crippen LogP contribution is 2.23. The average Bonchev–Trinajstić information content (AvgIpc) is 2.46. The van der Waals surface area contributed by atoms with E-state index in [4.69, 9.17) is 0 Å². The zero-order chi connectivity index (χ0) is 14.5. The van der Waals surface area contributed by atoms with E-state index in [9.17, 15) is 19.8 Å². The Morgan fingerprint density at radius 3 is 2.40 bits per heavy atom. The molecule has 2 aromatic rings. The number of hydrogen-bond donors (Lipinski definition) is 0. The van der Waals surface area contributed by atoms with Gasteiger partial charge in [-0.25, -0.2) is 4.39 Å². The predicted octanol–water partition coefficient (Wildman–Crippen LogP) is 3.58. The second-order valence-corrected chi connectivity index (χ2v) is 4.33. The first-order chi connectivity index (χ1) is 9.61. The molecule has 0 aromatic heterocycles. The lowest BCUT2D eigenvalue weighted by Gasteiger charge is -2.10. The Morgan fingerprint density at radius 1 is 1.20 bits per heavy atom. The molecule has 0 N–H and O–H groups in total. The summed E-state index contributed by atoms with van der Waals surface area (Å²) in [6.45, 7) is 0. The fraction of sp³-hybridized carbons (Fsp3) is 0.133. The van der Waals surface area contributed by atoms with E-state index < -0.39 is 16.7 Å². The van der Waals surface area contributed by atoms with Crippen LogP contribution in [0.25, 0.3) is 0 Å². The number of benzene rings is 2. The summed E-state index contributed by atoms with van der Waals surface area (Å²) >= 11 is 0. The van der Waals surface area contributed by atoms with Crippen LogP contribution in [0, 0.1) is 27.3 Å². The molecule has 2 aromatic carbocycles. The first kappa shape index (κ1) is 13.7. The third-order valence-electron chi connectivity index (χ3n) is 3.02. The number of nitro groups is 1. The highest BCUT2D eigenvalue weighted by atomic mass is 19.1. The van der Waals surface area contributed by atoms with Gasteiger partial charge >= 0.3 is 0 Å². The summed E-state index contributed by atoms with van der Waals surface area (Å²) in [5.74, 6) is -1.03. The van der Waals surface area contributed by atoms with Gasteiger partial charge in [-0.3, -0.25) is 10.1 Å². The van der Waals surface area contributed by atoms with Crippen LogP contribution in [0.15, 0.2) is 48.5 Å². The third-order valence-corrected chi connectivity index (χ3v) is 3.02. The van der Waals surface area contributed by atoms with Gasteiger partial charge in [0.1, 0.15) is 5.82 Å². The zero-order valence-electron chi connectivity index (χ0n) is 10.5. The van der Waals surface area contributed by atoms with Crippen molar-refractivity contribution >= 4 is 5.69 Å². The van der Waals surface area contributed by atoms with Gasteiger partial charge in [-0.15, -0.1) is 0 Å². The van der Waals surface area contributed by atoms with Crippen LogP contribution in [-0.2, 0) is 6.42 Å². The first-order valence-corrected chi connectivity index (χ1v) is 5.99. The quantitative estimate of drug-likeness (QED) is 0.630. The molecule has 20 heavy (non-hydrogen) atoms. The fourth-order valence-corrected chi connectivity index (χ4v) is 1.97. The molecule has 0 bridgehead atoms. The molecule has 2 rings (SSSR count). The maximum absolute atomic E-state index is 13.7. The largest absolute Gasteiger partial charge is 0.269 e. The standard InChI is InChI=1S/C15H11FN2O2/c16-15-4-2-1-3-14(15)12(10-17)9-11-5-7-13(8-6-11)18(19)20/h1-8,12H,9H2. The molecule has 0 heterocycles. The highest BCUT2D eigenvalue weighted by Gasteiger charge is 2.16. The lowest BCUT2D eigenvalue weighted by molar-refractivity contribution is -0.384. The van der Waals surface area contributed by atoms with E-state index in [0.29, 0.717) is 12.0 Å². The molecule has 1 unspecified atom stereocenters. The molecule has 0 aliphatic carbocycles. The Kier molecular flexibility index (Phi) is 4.06. The summed E-state index contributed by atoms with van der Waals surface area (Å²) in [6, 6.07) is 14.1. The van der Waals surface area contributed by atoms with Gasteiger partial charge in [-0.1, -0.05) is 30.3 Å². The molecular weight excluding hydrogens is 259 g/mol. The monoisotopic (exact) mass is 270 g/mol. The Hall–Kier alpha value is -2.74. The van der Waals surface area contributed by atoms with Gasteiger partial charge < -0.3 is 0 Å². The molecule has 0 saturated heterocycles. The Morgan fingerprint density at radius 2 is 1.85 bits per heavy atom. The number of hydrogen-bond acceptors (Lipinski definition) is 3. The van der Waals surface area contributed by atoms with Crippen LogP contribution < -0.4 is 0 Å². The summed E-state index contributed by atoms with van der Waals surface area (Å²) in [4.78, 5) is 10.1. The van der Waals surface area contributed by atoms with Gasteiger partial charge in [0.25, 0.3) is 5.69 Å². The number of rotatable bonds is 4. The number of nitrogens with zero attached hydrogens (tertiary/aromatic N) is 2. The summed E-state index contributed by atoms with van der Waals surface area (Å²) in [5.41, 5.74) is 1.09. The summed E-state index contributed by atoms with van der Waals surface area (Å²) in [6.07, 6.45) is 0.315. The number of nitriles is 1. The maximum Gasteiger partial charge on any atom is 0.269 e. The van der Waals surface area contributed by atoms with Crippen LogP contribution >= 0.6 is 0 Å². The van der Waals surface area contributed by atoms with E-state index in [1.165, 1.54) is 18.2 Å². The minimum Gasteiger partial charge on any atom is -0.258 e. The first-order valence-electron chi connectivity index (χ1n) is 5.99. The summed E-state index contributed by atoms with van der Waals surface area (Å²) < 4.78 is 13.7. The fourth-order valence-electron chi connectivity index (χ4n) is 1.97. The minimum absolute atomic E-state index is 0.00634. The van der Waals surface area contributed by atoms with Crippen molar-refractivity contribution in [2.45, 2.75) is 12.3 Å². The van der Waals surface area contributed by atoms with E-state index in [0.717, 1.165) is 5.56 Å². The van der Waals surface area contributed by atoms with Crippen LogP contribution in [0.4, 0.5) is 10.1 Å². The van der Waals surface area contributed by atoms with Crippen molar-refractivity contribution in [3.05, 3.63) is 75.6 Å². The van der Waals surface area contributed by atoms with Crippen molar-refractivity contribution in [2.75, 3.05) is 0 Å². The van der Waals surface area contributed by atoms with Crippen LogP contribution in [0.2, 0.25) is 0 Å². The highest BCUT2D eigenvalue weighted by molar-refractivity contribution is 5.35. The van der Waals surface area contributed by atoms with Crippen LogP contribution in [0.5, 0.6) is 0 Å². The SMILES string of the molecule is N#CC(Cc1ccc([N+](=O)[O-])cc1)c1ccccc1F. The molecule has 0 aliphatic heterocycles. The van der Waals surface area contributed by atoms with Gasteiger partial charge in [0.2, 0.25) is 0 Å². The average molecular weight is 270 g/mol. The van der Waals surface area contributed by atoms with Crippen LogP contribution in [0.3, 0.4) is 0 Å². The van der Waals surface area contributed by atoms with Gasteiger partial charge in [0, 0.05) is 17.7 Å². The smallest absolute Gasteiger partial charge is 0.258 e. The second kappa shape index (κ2) is 5.93. The van der Waals surface area contributed by atoms with Crippen molar-refractivity contribution in [1.29, 1.82) is 5.26 Å². The van der Waals surface area contributed by atoms with Crippen molar-refractivity contribution in [3.63, 3.8) is 0 Å². The molecule has 0 amide bonds. The van der Waals surface area contributed by atoms with Crippen LogP contribution in [-0.4, -0.2) is 4.92 Å². The number of halogens is 1. The predicted molar refractivity (Wildman–Crippen MR) is 71.6 cm³/mol. The van der Waals surface area contributed by atoms with Crippen molar-refractivity contribution in [2.24, 2.45) is 0 Å². The minimum atomic E-state index is -0.613. The summed E-state index contributed by atoms with van der Waals surface area (Å²) in [5, 5.41) is 19.7. The zero-order valence-corrected chi connectivity index (χ0v) is 10.5. The molecule has 5 heteroatoms. The molecule has 100 valence electrons. The van der Waals surface area contributed by atoms with Gasteiger partial charge in [-0.2, -0.15) is 5.26 Å². The topological polar surface area (TPSA) is 66.9 Å². The third kappa shape index (κ3) is 2.98. The maximum atomic E-state index is 13.7. The Balaban J connectivity index is 2.21. The molecule has 0 aliphatic rings. The molecule has 0 spiro atoms. The van der Waals surface area contributed by atoms with Crippen molar-refractivity contribution < 1.29 is 9.31 Å². The molecule has 0 radical (unpaired) electrons. The molecule has 0 saturated carbocycles. The molecular formula is C15H11FN2O2. The molecule has 1 atom stereocenters. The lowest BCUT2D eigenvalue weighted by Crippen LogP contribution is -2.03. The van der Waals surface area contributed by atoms with Crippen molar-refractivity contribution in [1.82, 2.24) is 0 Å². The van der Waals surface area contributed by atoms with E-state index in [-0.39, 0.29) is 5.69 Å². The molecule has 4 nitrogen and oxygen atoms in total. The van der Waals surface area contributed by atoms with E-state index in [1.807, 2.05) is 0 Å². The Labute approximate surface area is 115 Å². The number of nitro benzene ring substituents is 1. The van der Waals surface area contributed by atoms with Gasteiger partial charge in [0.15, 0.2) is 0 Å². The van der Waals surface area contributed by atoms with E-state index >= 15 is 0 Å². The van der Waals surface area contributed by atoms with Crippen LogP contribution in [0.1, 0.15) is 17.0 Å². The molecule has 0 fully saturated rings. The second-order valence-electron chi connectivity index (χ2n) is 4.33. The number of non-ortho nitro benzene ring substituents is 1. The summed E-state index contributed by atoms with van der Waals surface area (Å²) in [7, 11) is 0. The Bertz CT molecular complexity index is 662.